The molecule has 1 N–H and O–H groups in total. The van der Waals surface area contributed by atoms with Gasteiger partial charge < -0.3 is 10.0 Å². The van der Waals surface area contributed by atoms with Crippen molar-refractivity contribution in [1.82, 2.24) is 9.97 Å². The number of nitrogens with zero attached hydrogens (tertiary/aromatic N) is 3. The minimum Gasteiger partial charge on any atom is -0.481 e. The minimum atomic E-state index is -0.739. The molecule has 2 aromatic carbocycles. The molecule has 1 aliphatic rings. The monoisotopic (exact) mass is 429 g/mol. The Morgan fingerprint density at radius 2 is 2.03 bits per heavy atom. The van der Waals surface area contributed by atoms with E-state index in [0.717, 1.165) is 53.8 Å². The predicted octanol–water partition coefficient (Wildman–Crippen LogP) is 5.68. The van der Waals surface area contributed by atoms with Crippen LogP contribution < -0.4 is 4.90 Å². The zero-order chi connectivity index (χ0) is 20.4. The van der Waals surface area contributed by atoms with E-state index in [0.29, 0.717) is 22.4 Å². The maximum atomic E-state index is 11.0. The van der Waals surface area contributed by atoms with E-state index in [1.807, 2.05) is 30.3 Å². The van der Waals surface area contributed by atoms with Crippen molar-refractivity contribution < 1.29 is 9.90 Å². The molecule has 150 valence electrons. The number of halogens is 2. The van der Waals surface area contributed by atoms with Gasteiger partial charge in [0, 0.05) is 19.5 Å². The van der Waals surface area contributed by atoms with E-state index >= 15 is 0 Å². The molecule has 5 nitrogen and oxygen atoms in total. The molecule has 0 aliphatic carbocycles. The van der Waals surface area contributed by atoms with Crippen LogP contribution in [0.3, 0.4) is 0 Å². The van der Waals surface area contributed by atoms with Gasteiger partial charge in [0.15, 0.2) is 0 Å². The predicted molar refractivity (Wildman–Crippen MR) is 117 cm³/mol. The van der Waals surface area contributed by atoms with E-state index in [9.17, 15) is 4.79 Å². The topological polar surface area (TPSA) is 66.3 Å². The van der Waals surface area contributed by atoms with Gasteiger partial charge in [-0.3, -0.25) is 4.79 Å². The molecule has 0 saturated carbocycles. The van der Waals surface area contributed by atoms with Crippen molar-refractivity contribution in [2.45, 2.75) is 25.7 Å². The summed E-state index contributed by atoms with van der Waals surface area (Å²) in [7, 11) is 0. The molecule has 7 heteroatoms. The first-order valence-electron chi connectivity index (χ1n) is 9.69. The highest BCUT2D eigenvalue weighted by Gasteiger charge is 2.24. The minimum absolute atomic E-state index is 0.206. The summed E-state index contributed by atoms with van der Waals surface area (Å²) in [5.41, 5.74) is 2.83. The summed E-state index contributed by atoms with van der Waals surface area (Å²) in [6.45, 7) is 1.69. The molecular formula is C22H21Cl2N3O2. The van der Waals surface area contributed by atoms with Crippen LogP contribution in [0.4, 0.5) is 5.82 Å². The molecular weight excluding hydrogens is 409 g/mol. The summed E-state index contributed by atoms with van der Waals surface area (Å²) in [4.78, 5) is 22.3. The molecule has 0 bridgehead atoms. The average Bonchev–Trinajstić information content (AvgIpc) is 2.73. The van der Waals surface area contributed by atoms with Crippen LogP contribution in [0, 0.1) is 5.92 Å². The van der Waals surface area contributed by atoms with Gasteiger partial charge in [-0.05, 0) is 54.5 Å². The first-order chi connectivity index (χ1) is 14.0. The van der Waals surface area contributed by atoms with Crippen LogP contribution in [-0.2, 0) is 4.79 Å². The van der Waals surface area contributed by atoms with Gasteiger partial charge in [0.05, 0.1) is 20.9 Å². The van der Waals surface area contributed by atoms with Crippen molar-refractivity contribution in [2.24, 2.45) is 5.92 Å². The molecule has 1 fully saturated rings. The summed E-state index contributed by atoms with van der Waals surface area (Å²) in [5.74, 6) is 0.496. The molecule has 1 saturated heterocycles. The Hall–Kier alpha value is -2.37. The van der Waals surface area contributed by atoms with Gasteiger partial charge >= 0.3 is 5.97 Å². The molecule has 1 atom stereocenters. The third-order valence-electron chi connectivity index (χ3n) is 5.46. The maximum Gasteiger partial charge on any atom is 0.303 e. The summed E-state index contributed by atoms with van der Waals surface area (Å²) in [5, 5.41) is 11.0. The van der Waals surface area contributed by atoms with Crippen LogP contribution in [0.1, 0.15) is 25.7 Å². The first-order valence-corrected chi connectivity index (χ1v) is 10.4. The lowest BCUT2D eigenvalue weighted by Crippen LogP contribution is -2.36. The fourth-order valence-electron chi connectivity index (χ4n) is 4.06. The SMILES string of the molecule is O=C(O)CCC1CCCN(c2ncnc3cccc(-c4ccc(Cl)c(Cl)c4)c23)C1. The molecule has 1 aliphatic heterocycles. The highest BCUT2D eigenvalue weighted by molar-refractivity contribution is 6.42. The normalized spacial score (nSPS) is 16.9. The Balaban J connectivity index is 1.75. The number of aromatic nitrogens is 2. The summed E-state index contributed by atoms with van der Waals surface area (Å²) in [6, 6.07) is 11.6. The molecule has 1 unspecified atom stereocenters. The van der Waals surface area contributed by atoms with E-state index in [-0.39, 0.29) is 6.42 Å². The van der Waals surface area contributed by atoms with Gasteiger partial charge in [-0.15, -0.1) is 0 Å². The van der Waals surface area contributed by atoms with Gasteiger partial charge in [-0.2, -0.15) is 0 Å². The number of aliphatic carboxylic acids is 1. The summed E-state index contributed by atoms with van der Waals surface area (Å²) < 4.78 is 0. The van der Waals surface area contributed by atoms with Crippen molar-refractivity contribution in [3.63, 3.8) is 0 Å². The van der Waals surface area contributed by atoms with Crippen molar-refractivity contribution >= 4 is 45.9 Å². The number of carboxylic acid groups (broad SMARTS) is 1. The van der Waals surface area contributed by atoms with Gasteiger partial charge in [0.25, 0.3) is 0 Å². The molecule has 3 aromatic rings. The van der Waals surface area contributed by atoms with Crippen LogP contribution >= 0.6 is 23.2 Å². The fourth-order valence-corrected chi connectivity index (χ4v) is 4.36. The zero-order valence-corrected chi connectivity index (χ0v) is 17.3. The molecule has 4 rings (SSSR count). The second-order valence-corrected chi connectivity index (χ2v) is 8.23. The Morgan fingerprint density at radius 1 is 1.17 bits per heavy atom. The van der Waals surface area contributed by atoms with Gasteiger partial charge in [0.2, 0.25) is 0 Å². The average molecular weight is 430 g/mol. The van der Waals surface area contributed by atoms with Crippen LogP contribution in [0.15, 0.2) is 42.7 Å². The van der Waals surface area contributed by atoms with Gasteiger partial charge in [-0.1, -0.05) is 41.4 Å². The van der Waals surface area contributed by atoms with E-state index in [4.69, 9.17) is 28.3 Å². The van der Waals surface area contributed by atoms with Crippen molar-refractivity contribution in [2.75, 3.05) is 18.0 Å². The molecule has 0 spiro atoms. The quantitative estimate of drug-likeness (QED) is 0.564. The number of anilines is 1. The first kappa shape index (κ1) is 19.9. The lowest BCUT2D eigenvalue weighted by atomic mass is 9.92. The van der Waals surface area contributed by atoms with E-state index in [2.05, 4.69) is 14.9 Å². The maximum absolute atomic E-state index is 11.0. The van der Waals surface area contributed by atoms with E-state index in [1.165, 1.54) is 0 Å². The highest BCUT2D eigenvalue weighted by Crippen LogP contribution is 2.37. The number of fused-ring (bicyclic) bond motifs is 1. The largest absolute Gasteiger partial charge is 0.481 e. The lowest BCUT2D eigenvalue weighted by Gasteiger charge is -2.34. The smallest absolute Gasteiger partial charge is 0.303 e. The van der Waals surface area contributed by atoms with Gasteiger partial charge in [0.1, 0.15) is 12.1 Å². The highest BCUT2D eigenvalue weighted by atomic mass is 35.5. The molecule has 0 radical (unpaired) electrons. The Kier molecular flexibility index (Phi) is 5.88. The molecule has 1 aromatic heterocycles. The molecule has 0 amide bonds. The van der Waals surface area contributed by atoms with Gasteiger partial charge in [-0.25, -0.2) is 9.97 Å². The van der Waals surface area contributed by atoms with E-state index in [1.54, 1.807) is 12.4 Å². The van der Waals surface area contributed by atoms with Crippen LogP contribution in [0.2, 0.25) is 10.0 Å². The van der Waals surface area contributed by atoms with Crippen molar-refractivity contribution in [3.8, 4) is 11.1 Å². The second-order valence-electron chi connectivity index (χ2n) is 7.41. The number of piperidine rings is 1. The Bertz CT molecular complexity index is 1050. The third-order valence-corrected chi connectivity index (χ3v) is 6.20. The number of hydrogen-bond acceptors (Lipinski definition) is 4. The number of carboxylic acids is 1. The van der Waals surface area contributed by atoms with Crippen LogP contribution in [-0.4, -0.2) is 34.1 Å². The van der Waals surface area contributed by atoms with E-state index < -0.39 is 5.97 Å². The Morgan fingerprint density at radius 3 is 2.83 bits per heavy atom. The lowest BCUT2D eigenvalue weighted by molar-refractivity contribution is -0.137. The number of benzene rings is 2. The zero-order valence-electron chi connectivity index (χ0n) is 15.8. The standard InChI is InChI=1S/C22H21Cl2N3O2/c23-17-8-7-15(11-18(17)24)16-4-1-5-19-21(16)22(26-13-25-19)27-10-2-3-14(12-27)6-9-20(28)29/h1,4-5,7-8,11,13-14H,2-3,6,9-10,12H2,(H,28,29). The number of rotatable bonds is 5. The number of hydrogen-bond donors (Lipinski definition) is 1. The third kappa shape index (κ3) is 4.31. The summed E-state index contributed by atoms with van der Waals surface area (Å²) >= 11 is 12.4. The Labute approximate surface area is 179 Å². The number of carbonyl (C=O) groups is 1. The second kappa shape index (κ2) is 8.56. The molecule has 29 heavy (non-hydrogen) atoms. The molecule has 2 heterocycles. The van der Waals surface area contributed by atoms with Crippen molar-refractivity contribution in [3.05, 3.63) is 52.8 Å². The summed E-state index contributed by atoms with van der Waals surface area (Å²) in [6.07, 6.45) is 4.56. The fraction of sp³-hybridized carbons (Fsp3) is 0.318. The van der Waals surface area contributed by atoms with Crippen LogP contribution in [0.5, 0.6) is 0 Å². The van der Waals surface area contributed by atoms with Crippen molar-refractivity contribution in [1.29, 1.82) is 0 Å². The van der Waals surface area contributed by atoms with Crippen LogP contribution in [0.25, 0.3) is 22.0 Å².